The number of aryl methyl sites for hydroxylation is 1. The molecule has 0 radical (unpaired) electrons. The third kappa shape index (κ3) is 7.66. The van der Waals surface area contributed by atoms with Gasteiger partial charge in [-0.25, -0.2) is 9.78 Å². The summed E-state index contributed by atoms with van der Waals surface area (Å²) in [5.41, 5.74) is 16.8. The molecule has 0 spiro atoms. The van der Waals surface area contributed by atoms with Crippen LogP contribution in [0.25, 0.3) is 22.2 Å². The van der Waals surface area contributed by atoms with Crippen LogP contribution in [0.5, 0.6) is 0 Å². The van der Waals surface area contributed by atoms with Crippen molar-refractivity contribution in [2.45, 2.75) is 65.0 Å². The van der Waals surface area contributed by atoms with Crippen molar-refractivity contribution in [1.29, 1.82) is 0 Å². The first-order valence-corrected chi connectivity index (χ1v) is 15.5. The second-order valence-electron chi connectivity index (χ2n) is 12.2. The molecular formula is C34H42ClN7O4. The number of aromatic nitrogens is 3. The summed E-state index contributed by atoms with van der Waals surface area (Å²) in [6.07, 6.45) is 3.28. The molecule has 4 aromatic rings. The number of H-pyrrole nitrogens is 2. The Hall–Kier alpha value is -4.48. The Balaban J connectivity index is 0.00000480. The molecule has 5 rings (SSSR count). The van der Waals surface area contributed by atoms with Crippen molar-refractivity contribution in [2.24, 2.45) is 23.3 Å². The number of aromatic amines is 2. The first-order chi connectivity index (χ1) is 21.5. The Morgan fingerprint density at radius 3 is 2.26 bits per heavy atom. The van der Waals surface area contributed by atoms with Gasteiger partial charge >= 0.3 is 5.69 Å². The minimum absolute atomic E-state index is 0. The topological polar surface area (TPSA) is 180 Å². The summed E-state index contributed by atoms with van der Waals surface area (Å²) >= 11 is 0. The highest BCUT2D eigenvalue weighted by Crippen LogP contribution is 2.33. The maximum Gasteiger partial charge on any atom is 0.323 e. The molecule has 2 aromatic heterocycles. The van der Waals surface area contributed by atoms with Gasteiger partial charge in [0, 0.05) is 35.3 Å². The molecule has 46 heavy (non-hydrogen) atoms. The molecule has 1 fully saturated rings. The molecule has 2 aromatic carbocycles. The highest BCUT2D eigenvalue weighted by Gasteiger charge is 2.36. The molecule has 7 N–H and O–H groups in total. The third-order valence-corrected chi connectivity index (χ3v) is 8.62. The van der Waals surface area contributed by atoms with Gasteiger partial charge in [-0.3, -0.25) is 19.3 Å². The van der Waals surface area contributed by atoms with Crippen molar-refractivity contribution in [3.8, 4) is 11.1 Å². The van der Waals surface area contributed by atoms with Gasteiger partial charge in [-0.1, -0.05) is 30.3 Å². The standard InChI is InChI=1S/C34H41N7O4.ClH/c1-19(2)37-32(43)28-15-13-26(20(3)38-28)23-8-4-21(5-9-23)16-30(31(36)42)41(33(44)24-10-6-22(18-35)7-11-24)25-12-14-27-29(17-25)40-34(45)39-27;/h4-5,8-9,12-15,17,19,22,24,30H,6-7,10-11,16,18,35H2,1-3H3,(H2,36,42)(H,37,43)(H2,39,40,45);1H/t22-,24-,30-;/m0./s1. The molecular weight excluding hydrogens is 606 g/mol. The lowest BCUT2D eigenvalue weighted by atomic mass is 9.81. The number of hydrogen-bond donors (Lipinski definition) is 5. The number of rotatable bonds is 10. The smallest absolute Gasteiger partial charge is 0.323 e. The number of nitrogens with two attached hydrogens (primary N) is 2. The van der Waals surface area contributed by atoms with Crippen molar-refractivity contribution >= 4 is 46.8 Å². The van der Waals surface area contributed by atoms with E-state index in [0.717, 1.165) is 29.5 Å². The van der Waals surface area contributed by atoms with E-state index in [4.69, 9.17) is 11.5 Å². The number of primary amides is 1. The van der Waals surface area contributed by atoms with Crippen LogP contribution in [0.3, 0.4) is 0 Å². The summed E-state index contributed by atoms with van der Waals surface area (Å²) in [5.74, 6) is -0.881. The van der Waals surface area contributed by atoms with Crippen LogP contribution in [-0.2, 0) is 16.0 Å². The molecule has 0 aliphatic heterocycles. The SMILES string of the molecule is Cc1nc(C(=O)NC(C)C)ccc1-c1ccc(C[C@@H](C(N)=O)N(c2ccc3[nH]c(=O)[nH]c3c2)C(=O)[C@H]2CC[C@H](CN)CC2)cc1.Cl. The summed E-state index contributed by atoms with van der Waals surface area (Å²) in [6.45, 7) is 6.25. The Morgan fingerprint density at radius 1 is 0.978 bits per heavy atom. The average molecular weight is 648 g/mol. The van der Waals surface area contributed by atoms with E-state index in [-0.39, 0.29) is 48.3 Å². The van der Waals surface area contributed by atoms with Gasteiger partial charge in [0.2, 0.25) is 11.8 Å². The lowest BCUT2D eigenvalue weighted by molar-refractivity contribution is -0.127. The fourth-order valence-corrected chi connectivity index (χ4v) is 6.16. The summed E-state index contributed by atoms with van der Waals surface area (Å²) in [7, 11) is 0. The molecule has 1 atom stereocenters. The zero-order chi connectivity index (χ0) is 32.2. The number of benzene rings is 2. The molecule has 0 bridgehead atoms. The van der Waals surface area contributed by atoms with Crippen LogP contribution in [0.2, 0.25) is 0 Å². The minimum Gasteiger partial charge on any atom is -0.368 e. The maximum absolute atomic E-state index is 14.2. The van der Waals surface area contributed by atoms with Gasteiger partial charge in [0.25, 0.3) is 5.91 Å². The number of imidazole rings is 1. The van der Waals surface area contributed by atoms with Crippen LogP contribution >= 0.6 is 12.4 Å². The molecule has 2 heterocycles. The number of carbonyl (C=O) groups is 3. The predicted molar refractivity (Wildman–Crippen MR) is 182 cm³/mol. The first kappa shape index (κ1) is 34.4. The first-order valence-electron chi connectivity index (χ1n) is 15.5. The molecule has 1 saturated carbocycles. The van der Waals surface area contributed by atoms with E-state index in [2.05, 4.69) is 20.3 Å². The zero-order valence-electron chi connectivity index (χ0n) is 26.3. The predicted octanol–water partition coefficient (Wildman–Crippen LogP) is 3.98. The monoisotopic (exact) mass is 647 g/mol. The van der Waals surface area contributed by atoms with Crippen LogP contribution in [-0.4, -0.2) is 51.3 Å². The molecule has 0 unspecified atom stereocenters. The van der Waals surface area contributed by atoms with Crippen molar-refractivity contribution in [3.63, 3.8) is 0 Å². The summed E-state index contributed by atoms with van der Waals surface area (Å²) in [4.78, 5) is 63.0. The Bertz CT molecular complexity index is 1760. The maximum atomic E-state index is 14.2. The van der Waals surface area contributed by atoms with Crippen LogP contribution in [0.4, 0.5) is 5.69 Å². The number of pyridine rings is 1. The van der Waals surface area contributed by atoms with Gasteiger partial charge in [-0.05, 0) is 94.3 Å². The number of nitrogens with zero attached hydrogens (tertiary/aromatic N) is 2. The lowest BCUT2D eigenvalue weighted by Crippen LogP contribution is -2.52. The van der Waals surface area contributed by atoms with Gasteiger partial charge in [0.15, 0.2) is 0 Å². The lowest BCUT2D eigenvalue weighted by Gasteiger charge is -2.35. The fourth-order valence-electron chi connectivity index (χ4n) is 6.16. The van der Waals surface area contributed by atoms with Crippen molar-refractivity contribution in [3.05, 3.63) is 82.0 Å². The van der Waals surface area contributed by atoms with Crippen molar-refractivity contribution < 1.29 is 14.4 Å². The highest BCUT2D eigenvalue weighted by molar-refractivity contribution is 6.02. The van der Waals surface area contributed by atoms with Gasteiger partial charge in [0.1, 0.15) is 11.7 Å². The van der Waals surface area contributed by atoms with Crippen LogP contribution < -0.4 is 27.4 Å². The molecule has 11 nitrogen and oxygen atoms in total. The number of fused-ring (bicyclic) bond motifs is 1. The molecule has 244 valence electrons. The largest absolute Gasteiger partial charge is 0.368 e. The number of amides is 3. The normalized spacial score (nSPS) is 16.9. The van der Waals surface area contributed by atoms with E-state index in [0.29, 0.717) is 53.4 Å². The van der Waals surface area contributed by atoms with Gasteiger partial charge in [-0.15, -0.1) is 12.4 Å². The van der Waals surface area contributed by atoms with E-state index in [1.807, 2.05) is 51.1 Å². The quantitative estimate of drug-likeness (QED) is 0.174. The number of carbonyl (C=O) groups excluding carboxylic acids is 3. The van der Waals surface area contributed by atoms with E-state index in [9.17, 15) is 19.2 Å². The van der Waals surface area contributed by atoms with Gasteiger partial charge in [0.05, 0.1) is 11.0 Å². The molecule has 1 aliphatic carbocycles. The van der Waals surface area contributed by atoms with Gasteiger partial charge in [-0.2, -0.15) is 0 Å². The second-order valence-corrected chi connectivity index (χ2v) is 12.2. The fraction of sp³-hybridized carbons (Fsp3) is 0.382. The molecule has 1 aliphatic rings. The molecule has 3 amide bonds. The van der Waals surface area contributed by atoms with Crippen LogP contribution in [0.1, 0.15) is 61.3 Å². The highest BCUT2D eigenvalue weighted by atomic mass is 35.5. The van der Waals surface area contributed by atoms with E-state index >= 15 is 0 Å². The van der Waals surface area contributed by atoms with E-state index < -0.39 is 11.9 Å². The second kappa shape index (κ2) is 14.7. The number of halogens is 1. The Kier molecular flexibility index (Phi) is 11.0. The number of hydrogen-bond acceptors (Lipinski definition) is 6. The Labute approximate surface area is 273 Å². The van der Waals surface area contributed by atoms with E-state index in [1.165, 1.54) is 4.90 Å². The van der Waals surface area contributed by atoms with Gasteiger partial charge < -0.3 is 26.8 Å². The van der Waals surface area contributed by atoms with Crippen molar-refractivity contribution in [1.82, 2.24) is 20.3 Å². The summed E-state index contributed by atoms with van der Waals surface area (Å²) < 4.78 is 0. The van der Waals surface area contributed by atoms with Crippen LogP contribution in [0.15, 0.2) is 59.4 Å². The number of nitrogens with one attached hydrogen (secondary N) is 3. The summed E-state index contributed by atoms with van der Waals surface area (Å²) in [5, 5.41) is 2.85. The molecule has 0 saturated heterocycles. The minimum atomic E-state index is -0.958. The third-order valence-electron chi connectivity index (χ3n) is 8.62. The molecule has 12 heteroatoms. The van der Waals surface area contributed by atoms with Crippen molar-refractivity contribution in [2.75, 3.05) is 11.4 Å². The van der Waals surface area contributed by atoms with Crippen LogP contribution in [0, 0.1) is 18.8 Å². The summed E-state index contributed by atoms with van der Waals surface area (Å²) in [6, 6.07) is 15.5. The average Bonchev–Trinajstić information content (AvgIpc) is 3.40. The van der Waals surface area contributed by atoms with E-state index in [1.54, 1.807) is 24.3 Å². The number of anilines is 1. The Morgan fingerprint density at radius 2 is 1.65 bits per heavy atom. The zero-order valence-corrected chi connectivity index (χ0v) is 27.2.